The summed E-state index contributed by atoms with van der Waals surface area (Å²) in [7, 11) is 1.78. The Hall–Kier alpha value is -1.57. The van der Waals surface area contributed by atoms with Crippen LogP contribution in [0.25, 0.3) is 0 Å². The van der Waals surface area contributed by atoms with Gasteiger partial charge >= 0.3 is 0 Å². The lowest BCUT2D eigenvalue weighted by Crippen LogP contribution is -2.41. The molecular weight excluding hydrogens is 427 g/mol. The summed E-state index contributed by atoms with van der Waals surface area (Å²) in [6.07, 6.45) is 7.71. The molecule has 0 fully saturated rings. The van der Waals surface area contributed by atoms with Crippen LogP contribution in [0.3, 0.4) is 0 Å². The molecule has 3 rings (SSSR count). The highest BCUT2D eigenvalue weighted by atomic mass is 127. The fraction of sp³-hybridized carbons (Fsp3) is 0.474. The minimum absolute atomic E-state index is 0. The van der Waals surface area contributed by atoms with E-state index in [0.717, 1.165) is 24.6 Å². The zero-order chi connectivity index (χ0) is 16.8. The number of amides is 1. The van der Waals surface area contributed by atoms with E-state index in [1.807, 2.05) is 18.2 Å². The zero-order valence-corrected chi connectivity index (χ0v) is 17.0. The SMILES string of the molecule is CN=C(NCCC1=CCCC1)NCC1CC(=O)Nc2ccccc21.I. The molecule has 1 unspecified atom stereocenters. The predicted molar refractivity (Wildman–Crippen MR) is 114 cm³/mol. The van der Waals surface area contributed by atoms with Gasteiger partial charge in [0, 0.05) is 38.2 Å². The molecule has 1 aromatic rings. The van der Waals surface area contributed by atoms with Crippen molar-refractivity contribution in [2.75, 3.05) is 25.5 Å². The average Bonchev–Trinajstić information content (AvgIpc) is 3.11. The smallest absolute Gasteiger partial charge is 0.225 e. The van der Waals surface area contributed by atoms with Gasteiger partial charge in [-0.25, -0.2) is 0 Å². The first-order valence-corrected chi connectivity index (χ1v) is 8.77. The van der Waals surface area contributed by atoms with E-state index in [2.05, 4.69) is 33.1 Å². The Bertz CT molecular complexity index is 657. The maximum absolute atomic E-state index is 11.9. The Balaban J connectivity index is 0.00000225. The van der Waals surface area contributed by atoms with Crippen LogP contribution in [-0.2, 0) is 4.79 Å². The number of para-hydroxylation sites is 1. The van der Waals surface area contributed by atoms with Gasteiger partial charge in [0.2, 0.25) is 5.91 Å². The van der Waals surface area contributed by atoms with Crippen molar-refractivity contribution in [1.82, 2.24) is 10.6 Å². The van der Waals surface area contributed by atoms with Gasteiger partial charge in [0.15, 0.2) is 5.96 Å². The molecule has 0 radical (unpaired) electrons. The molecule has 1 heterocycles. The minimum atomic E-state index is 0. The van der Waals surface area contributed by atoms with Gasteiger partial charge in [0.1, 0.15) is 0 Å². The van der Waals surface area contributed by atoms with Gasteiger partial charge in [-0.3, -0.25) is 9.79 Å². The van der Waals surface area contributed by atoms with E-state index in [1.165, 1.54) is 24.8 Å². The highest BCUT2D eigenvalue weighted by Crippen LogP contribution is 2.31. The highest BCUT2D eigenvalue weighted by molar-refractivity contribution is 14.0. The van der Waals surface area contributed by atoms with E-state index >= 15 is 0 Å². The van der Waals surface area contributed by atoms with E-state index < -0.39 is 0 Å². The van der Waals surface area contributed by atoms with E-state index in [1.54, 1.807) is 12.6 Å². The number of rotatable bonds is 5. The lowest BCUT2D eigenvalue weighted by atomic mass is 9.90. The number of hydrogen-bond donors (Lipinski definition) is 3. The Morgan fingerprint density at radius 3 is 2.92 bits per heavy atom. The molecule has 136 valence electrons. The number of benzene rings is 1. The van der Waals surface area contributed by atoms with E-state index in [4.69, 9.17) is 0 Å². The van der Waals surface area contributed by atoms with Crippen LogP contribution in [0.1, 0.15) is 43.6 Å². The molecule has 1 aliphatic heterocycles. The number of nitrogens with one attached hydrogen (secondary N) is 3. The van der Waals surface area contributed by atoms with Crippen LogP contribution in [-0.4, -0.2) is 32.0 Å². The van der Waals surface area contributed by atoms with Crippen molar-refractivity contribution in [3.05, 3.63) is 41.5 Å². The number of allylic oxidation sites excluding steroid dienone is 1. The third-order valence-electron chi connectivity index (χ3n) is 4.72. The molecule has 0 saturated heterocycles. The topological polar surface area (TPSA) is 65.5 Å². The number of halogens is 1. The molecule has 1 aromatic carbocycles. The molecular formula is C19H27IN4O. The summed E-state index contributed by atoms with van der Waals surface area (Å²) in [6.45, 7) is 1.60. The summed E-state index contributed by atoms with van der Waals surface area (Å²) in [6, 6.07) is 8.02. The molecule has 3 N–H and O–H groups in total. The molecule has 6 heteroatoms. The summed E-state index contributed by atoms with van der Waals surface area (Å²) in [5, 5.41) is 9.67. The van der Waals surface area contributed by atoms with Crippen molar-refractivity contribution in [1.29, 1.82) is 0 Å². The molecule has 1 aliphatic carbocycles. The summed E-state index contributed by atoms with van der Waals surface area (Å²) in [5.74, 6) is 1.06. The minimum Gasteiger partial charge on any atom is -0.356 e. The molecule has 0 spiro atoms. The largest absolute Gasteiger partial charge is 0.356 e. The first kappa shape index (κ1) is 19.8. The van der Waals surface area contributed by atoms with E-state index in [-0.39, 0.29) is 35.8 Å². The second-order valence-corrected chi connectivity index (χ2v) is 6.42. The lowest BCUT2D eigenvalue weighted by Gasteiger charge is -2.26. The van der Waals surface area contributed by atoms with Crippen LogP contribution < -0.4 is 16.0 Å². The van der Waals surface area contributed by atoms with Crippen LogP contribution in [0.15, 0.2) is 40.9 Å². The van der Waals surface area contributed by atoms with Gasteiger partial charge in [-0.1, -0.05) is 29.8 Å². The maximum atomic E-state index is 11.9. The van der Waals surface area contributed by atoms with Crippen molar-refractivity contribution in [3.63, 3.8) is 0 Å². The molecule has 0 saturated carbocycles. The number of anilines is 1. The van der Waals surface area contributed by atoms with E-state index in [9.17, 15) is 4.79 Å². The Morgan fingerprint density at radius 1 is 1.32 bits per heavy atom. The first-order chi connectivity index (χ1) is 11.8. The van der Waals surface area contributed by atoms with Crippen molar-refractivity contribution >= 4 is 41.5 Å². The fourth-order valence-electron chi connectivity index (χ4n) is 3.43. The van der Waals surface area contributed by atoms with Gasteiger partial charge in [-0.05, 0) is 37.3 Å². The number of nitrogens with zero attached hydrogens (tertiary/aromatic N) is 1. The van der Waals surface area contributed by atoms with Gasteiger partial charge < -0.3 is 16.0 Å². The van der Waals surface area contributed by atoms with Crippen molar-refractivity contribution in [2.45, 2.75) is 38.0 Å². The van der Waals surface area contributed by atoms with E-state index in [0.29, 0.717) is 13.0 Å². The summed E-state index contributed by atoms with van der Waals surface area (Å²) >= 11 is 0. The van der Waals surface area contributed by atoms with Crippen molar-refractivity contribution in [3.8, 4) is 0 Å². The number of carbonyl (C=O) groups is 1. The highest BCUT2D eigenvalue weighted by Gasteiger charge is 2.24. The maximum Gasteiger partial charge on any atom is 0.225 e. The molecule has 0 bridgehead atoms. The second kappa shape index (κ2) is 9.79. The molecule has 5 nitrogen and oxygen atoms in total. The molecule has 25 heavy (non-hydrogen) atoms. The monoisotopic (exact) mass is 454 g/mol. The quantitative estimate of drug-likeness (QED) is 0.277. The first-order valence-electron chi connectivity index (χ1n) is 8.77. The molecule has 2 aliphatic rings. The van der Waals surface area contributed by atoms with Crippen LogP contribution in [0, 0.1) is 0 Å². The Labute approximate surface area is 166 Å². The molecule has 0 aromatic heterocycles. The molecule has 1 atom stereocenters. The third-order valence-corrected chi connectivity index (χ3v) is 4.72. The number of guanidine groups is 1. The Morgan fingerprint density at radius 2 is 2.16 bits per heavy atom. The third kappa shape index (κ3) is 5.45. The van der Waals surface area contributed by atoms with Crippen molar-refractivity contribution in [2.24, 2.45) is 4.99 Å². The van der Waals surface area contributed by atoms with Gasteiger partial charge in [-0.15, -0.1) is 24.0 Å². The van der Waals surface area contributed by atoms with Crippen LogP contribution in [0.2, 0.25) is 0 Å². The number of hydrogen-bond acceptors (Lipinski definition) is 2. The zero-order valence-electron chi connectivity index (χ0n) is 14.7. The summed E-state index contributed by atoms with van der Waals surface area (Å²) < 4.78 is 0. The lowest BCUT2D eigenvalue weighted by molar-refractivity contribution is -0.116. The Kier molecular flexibility index (Phi) is 7.74. The fourth-order valence-corrected chi connectivity index (χ4v) is 3.43. The van der Waals surface area contributed by atoms with Gasteiger partial charge in [-0.2, -0.15) is 0 Å². The van der Waals surface area contributed by atoms with Gasteiger partial charge in [0.05, 0.1) is 0 Å². The van der Waals surface area contributed by atoms with Gasteiger partial charge in [0.25, 0.3) is 0 Å². The molecule has 1 amide bonds. The summed E-state index contributed by atoms with van der Waals surface area (Å²) in [4.78, 5) is 16.2. The summed E-state index contributed by atoms with van der Waals surface area (Å²) in [5.41, 5.74) is 3.67. The van der Waals surface area contributed by atoms with Crippen LogP contribution >= 0.6 is 24.0 Å². The second-order valence-electron chi connectivity index (χ2n) is 6.42. The predicted octanol–water partition coefficient (Wildman–Crippen LogP) is 3.40. The number of aliphatic imine (C=N–C) groups is 1. The van der Waals surface area contributed by atoms with Crippen LogP contribution in [0.4, 0.5) is 5.69 Å². The van der Waals surface area contributed by atoms with Crippen molar-refractivity contribution < 1.29 is 4.79 Å². The average molecular weight is 454 g/mol. The number of carbonyl (C=O) groups excluding carboxylic acids is 1. The number of fused-ring (bicyclic) bond motifs is 1. The van der Waals surface area contributed by atoms with Crippen LogP contribution in [0.5, 0.6) is 0 Å². The normalized spacial score (nSPS) is 19.4. The standard InChI is InChI=1S/C19H26N4O.HI/c1-20-19(21-11-10-14-6-2-3-7-14)22-13-15-12-18(24)23-17-9-5-4-8-16(15)17;/h4-6,8-9,15H,2-3,7,10-13H2,1H3,(H,23,24)(H2,20,21,22);1H.